The lowest BCUT2D eigenvalue weighted by atomic mass is 10.1. The summed E-state index contributed by atoms with van der Waals surface area (Å²) >= 11 is 9.61. The second-order valence-corrected chi connectivity index (χ2v) is 11.3. The minimum Gasteiger partial charge on any atom is -0.489 e. The van der Waals surface area contributed by atoms with Crippen LogP contribution in [0.15, 0.2) is 70.0 Å². The van der Waals surface area contributed by atoms with Gasteiger partial charge in [-0.1, -0.05) is 51.8 Å². The van der Waals surface area contributed by atoms with Crippen molar-refractivity contribution in [1.29, 1.82) is 0 Å². The number of amides is 1. The number of carboxylic acid groups (broad SMARTS) is 1. The molecule has 0 unspecified atom stereocenters. The molecule has 0 aliphatic carbocycles. The molecule has 0 aliphatic heterocycles. The number of aliphatic hydroxyl groups is 1. The van der Waals surface area contributed by atoms with Gasteiger partial charge in [0.2, 0.25) is 0 Å². The summed E-state index contributed by atoms with van der Waals surface area (Å²) in [5, 5.41) is 21.9. The third-order valence-corrected chi connectivity index (χ3v) is 6.99. The van der Waals surface area contributed by atoms with Gasteiger partial charge in [-0.15, -0.1) is 0 Å². The molecule has 3 aromatic rings. The van der Waals surface area contributed by atoms with Gasteiger partial charge in [-0.2, -0.15) is 0 Å². The van der Waals surface area contributed by atoms with Crippen LogP contribution in [0.2, 0.25) is 5.02 Å². The third-order valence-electron chi connectivity index (χ3n) is 5.08. The molecule has 0 saturated carbocycles. The van der Waals surface area contributed by atoms with Gasteiger partial charge >= 0.3 is 0 Å². The number of aliphatic hydroxyl groups excluding tert-OH is 1. The van der Waals surface area contributed by atoms with E-state index in [9.17, 15) is 13.2 Å². The van der Waals surface area contributed by atoms with Crippen molar-refractivity contribution in [2.45, 2.75) is 24.6 Å². The Hall–Kier alpha value is -2.96. The summed E-state index contributed by atoms with van der Waals surface area (Å²) in [6, 6.07) is 17.5. The summed E-state index contributed by atoms with van der Waals surface area (Å²) in [6.45, 7) is 1.48. The summed E-state index contributed by atoms with van der Waals surface area (Å²) in [5.74, 6) is 0.344. The summed E-state index contributed by atoms with van der Waals surface area (Å²) < 4.78 is 30.3. The fourth-order valence-electron chi connectivity index (χ4n) is 3.31. The molecule has 3 rings (SSSR count). The molecule has 12 heteroatoms. The quantitative estimate of drug-likeness (QED) is 0.186. The van der Waals surface area contributed by atoms with Crippen LogP contribution >= 0.6 is 27.5 Å². The van der Waals surface area contributed by atoms with Crippen LogP contribution in [0.5, 0.6) is 5.75 Å². The summed E-state index contributed by atoms with van der Waals surface area (Å²) in [5.41, 5.74) is 2.99. The van der Waals surface area contributed by atoms with E-state index in [4.69, 9.17) is 31.3 Å². The van der Waals surface area contributed by atoms with E-state index in [1.807, 2.05) is 42.5 Å². The van der Waals surface area contributed by atoms with Crippen LogP contribution in [0, 0.1) is 0 Å². The molecule has 0 saturated heterocycles. The summed E-state index contributed by atoms with van der Waals surface area (Å²) in [6.07, 6.45) is 1.08. The molecular weight excluding hydrogens is 600 g/mol. The Morgan fingerprint density at radius 2 is 1.79 bits per heavy atom. The van der Waals surface area contributed by atoms with E-state index in [0.717, 1.165) is 33.2 Å². The number of sulfone groups is 1. The zero-order chi connectivity index (χ0) is 28.1. The van der Waals surface area contributed by atoms with Crippen LogP contribution < -0.4 is 15.4 Å². The predicted molar refractivity (Wildman–Crippen MR) is 148 cm³/mol. The molecule has 9 nitrogen and oxygen atoms in total. The van der Waals surface area contributed by atoms with Gasteiger partial charge < -0.3 is 25.6 Å². The lowest BCUT2D eigenvalue weighted by molar-refractivity contribution is -0.122. The zero-order valence-electron chi connectivity index (χ0n) is 20.5. The van der Waals surface area contributed by atoms with Gasteiger partial charge in [-0.3, -0.25) is 9.59 Å². The Labute approximate surface area is 234 Å². The van der Waals surface area contributed by atoms with Crippen molar-refractivity contribution in [1.82, 2.24) is 10.6 Å². The number of hydrogen-bond donors (Lipinski definition) is 4. The van der Waals surface area contributed by atoms with Gasteiger partial charge in [-0.05, 0) is 47.5 Å². The van der Waals surface area contributed by atoms with Crippen LogP contribution in [0.1, 0.15) is 27.0 Å². The second-order valence-electron chi connectivity index (χ2n) is 7.96. The Morgan fingerprint density at radius 3 is 2.45 bits per heavy atom. The molecule has 0 aromatic heterocycles. The number of benzene rings is 3. The van der Waals surface area contributed by atoms with E-state index in [1.165, 1.54) is 18.2 Å². The number of carbonyl (C=O) groups is 2. The number of rotatable bonds is 11. The highest BCUT2D eigenvalue weighted by Gasteiger charge is 2.15. The van der Waals surface area contributed by atoms with Crippen molar-refractivity contribution < 1.29 is 33.0 Å². The topological polar surface area (TPSA) is 142 Å². The van der Waals surface area contributed by atoms with E-state index in [-0.39, 0.29) is 35.1 Å². The van der Waals surface area contributed by atoms with E-state index in [2.05, 4.69) is 26.6 Å². The smallest absolute Gasteiger partial charge is 0.290 e. The first-order valence-corrected chi connectivity index (χ1v) is 14.3. The molecule has 0 fully saturated rings. The van der Waals surface area contributed by atoms with Crippen LogP contribution in [0.25, 0.3) is 0 Å². The van der Waals surface area contributed by atoms with Gasteiger partial charge in [0.1, 0.15) is 12.4 Å². The van der Waals surface area contributed by atoms with Crippen LogP contribution in [-0.4, -0.2) is 50.4 Å². The first-order chi connectivity index (χ1) is 18.1. The molecule has 0 spiro atoms. The number of nitrogens with one attached hydrogen (secondary N) is 2. The highest BCUT2D eigenvalue weighted by Crippen LogP contribution is 2.25. The maximum atomic E-state index is 12.6. The maximum absolute atomic E-state index is 12.6. The first kappa shape index (κ1) is 31.3. The average Bonchev–Trinajstić information content (AvgIpc) is 2.87. The zero-order valence-corrected chi connectivity index (χ0v) is 23.6. The molecule has 4 N–H and O–H groups in total. The van der Waals surface area contributed by atoms with Gasteiger partial charge in [0, 0.05) is 35.9 Å². The molecule has 0 bridgehead atoms. The van der Waals surface area contributed by atoms with E-state index < -0.39 is 15.7 Å². The standard InChI is InChI=1S/C25H26BrClN2O5S.CH2O2/c1-35(32,33)21-6-7-22(23(27)13-21)25(31)29-14-17-3-2-4-18(11-17)16-34-24-8-5-20(26)12-19(24)15-28-9-10-30;2-1-3/h2-8,11-13,28,30H,9-10,14-16H2,1H3,(H,29,31);1H,(H,2,3). The molecule has 0 radical (unpaired) electrons. The normalized spacial score (nSPS) is 10.7. The van der Waals surface area contributed by atoms with Crippen molar-refractivity contribution >= 4 is 49.7 Å². The SMILES string of the molecule is CS(=O)(=O)c1ccc(C(=O)NCc2cccc(COc3ccc(Br)cc3CNCCO)c2)c(Cl)c1.O=CO. The molecule has 0 heterocycles. The molecule has 0 aliphatic rings. The fourth-order valence-corrected chi connectivity index (χ4v) is 4.69. The minimum absolute atomic E-state index is 0.0601. The fraction of sp³-hybridized carbons (Fsp3) is 0.231. The Bertz CT molecular complexity index is 1350. The third kappa shape index (κ3) is 10.1. The Kier molecular flexibility index (Phi) is 12.7. The van der Waals surface area contributed by atoms with Gasteiger partial charge in [-0.25, -0.2) is 8.42 Å². The molecule has 204 valence electrons. The monoisotopic (exact) mass is 626 g/mol. The predicted octanol–water partition coefficient (Wildman–Crippen LogP) is 3.80. The lowest BCUT2D eigenvalue weighted by Gasteiger charge is -2.13. The molecule has 38 heavy (non-hydrogen) atoms. The summed E-state index contributed by atoms with van der Waals surface area (Å²) in [4.78, 5) is 21.0. The highest BCUT2D eigenvalue weighted by molar-refractivity contribution is 9.10. The van der Waals surface area contributed by atoms with Crippen LogP contribution in [0.3, 0.4) is 0 Å². The van der Waals surface area contributed by atoms with Crippen LogP contribution in [-0.2, 0) is 34.3 Å². The molecular formula is C26H28BrClN2O7S. The van der Waals surface area contributed by atoms with Crippen molar-refractivity contribution in [3.8, 4) is 5.75 Å². The van der Waals surface area contributed by atoms with Crippen molar-refractivity contribution in [3.63, 3.8) is 0 Å². The molecule has 1 amide bonds. The minimum atomic E-state index is -3.41. The maximum Gasteiger partial charge on any atom is 0.290 e. The van der Waals surface area contributed by atoms with Gasteiger partial charge in [0.15, 0.2) is 9.84 Å². The van der Waals surface area contributed by atoms with Gasteiger partial charge in [0.25, 0.3) is 12.4 Å². The van der Waals surface area contributed by atoms with Crippen molar-refractivity contribution in [2.75, 3.05) is 19.4 Å². The number of hydrogen-bond acceptors (Lipinski definition) is 7. The van der Waals surface area contributed by atoms with Crippen molar-refractivity contribution in [3.05, 3.63) is 92.4 Å². The van der Waals surface area contributed by atoms with Crippen LogP contribution in [0.4, 0.5) is 0 Å². The second kappa shape index (κ2) is 15.5. The van der Waals surface area contributed by atoms with Gasteiger partial charge in [0.05, 0.1) is 22.1 Å². The Morgan fingerprint density at radius 1 is 1.08 bits per heavy atom. The van der Waals surface area contributed by atoms with E-state index in [0.29, 0.717) is 19.7 Å². The van der Waals surface area contributed by atoms with E-state index in [1.54, 1.807) is 0 Å². The molecule has 0 atom stereocenters. The lowest BCUT2D eigenvalue weighted by Crippen LogP contribution is -2.23. The number of halogens is 2. The summed E-state index contributed by atoms with van der Waals surface area (Å²) in [7, 11) is -3.41. The highest BCUT2D eigenvalue weighted by atomic mass is 79.9. The number of carbonyl (C=O) groups excluding carboxylic acids is 1. The average molecular weight is 628 g/mol. The number of ether oxygens (including phenoxy) is 1. The first-order valence-electron chi connectivity index (χ1n) is 11.2. The molecule has 3 aromatic carbocycles. The Balaban J connectivity index is 0.00000161. The van der Waals surface area contributed by atoms with Crippen molar-refractivity contribution in [2.24, 2.45) is 0 Å². The largest absolute Gasteiger partial charge is 0.489 e. The van der Waals surface area contributed by atoms with E-state index >= 15 is 0 Å².